The molecule has 104 valence electrons. The summed E-state index contributed by atoms with van der Waals surface area (Å²) < 4.78 is 0. The van der Waals surface area contributed by atoms with Gasteiger partial charge in [0.1, 0.15) is 17.8 Å². The predicted octanol–water partition coefficient (Wildman–Crippen LogP) is 2.31. The van der Waals surface area contributed by atoms with Crippen LogP contribution in [0.2, 0.25) is 0 Å². The van der Waals surface area contributed by atoms with Crippen molar-refractivity contribution in [1.29, 1.82) is 0 Å². The Morgan fingerprint density at radius 1 is 1.32 bits per heavy atom. The van der Waals surface area contributed by atoms with E-state index in [1.54, 1.807) is 6.07 Å². The minimum atomic E-state index is 0.00458. The van der Waals surface area contributed by atoms with Gasteiger partial charge in [-0.3, -0.25) is 4.79 Å². The van der Waals surface area contributed by atoms with Crippen molar-refractivity contribution in [3.8, 4) is 0 Å². The van der Waals surface area contributed by atoms with E-state index in [-0.39, 0.29) is 5.91 Å². The number of hydrogen-bond donors (Lipinski definition) is 1. The number of carbonyl (C=O) groups is 1. The lowest BCUT2D eigenvalue weighted by molar-refractivity contribution is 0.0749. The maximum atomic E-state index is 12.4. The maximum absolute atomic E-state index is 12.4. The second-order valence-corrected chi connectivity index (χ2v) is 5.00. The molecule has 5 nitrogen and oxygen atoms in total. The largest absolute Gasteiger partial charge is 0.367 e. The van der Waals surface area contributed by atoms with Gasteiger partial charge < -0.3 is 10.2 Å². The molecule has 0 bridgehead atoms. The number of carbonyl (C=O) groups excluding carboxylic acids is 1. The van der Waals surface area contributed by atoms with Crippen molar-refractivity contribution in [2.45, 2.75) is 45.6 Å². The van der Waals surface area contributed by atoms with E-state index in [1.807, 2.05) is 4.90 Å². The Balaban J connectivity index is 2.07. The van der Waals surface area contributed by atoms with Gasteiger partial charge in [0.25, 0.3) is 5.91 Å². The van der Waals surface area contributed by atoms with Gasteiger partial charge in [-0.15, -0.1) is 0 Å². The monoisotopic (exact) mass is 262 g/mol. The lowest BCUT2D eigenvalue weighted by Gasteiger charge is -2.21. The molecule has 1 aliphatic carbocycles. The first-order valence-corrected chi connectivity index (χ1v) is 7.12. The molecule has 0 aliphatic heterocycles. The summed E-state index contributed by atoms with van der Waals surface area (Å²) in [6.07, 6.45) is 5.76. The lowest BCUT2D eigenvalue weighted by atomic mass is 10.3. The van der Waals surface area contributed by atoms with Gasteiger partial charge >= 0.3 is 0 Å². The number of nitrogens with zero attached hydrogens (tertiary/aromatic N) is 3. The Labute approximate surface area is 114 Å². The highest BCUT2D eigenvalue weighted by Gasteiger charge is 2.22. The topological polar surface area (TPSA) is 58.1 Å². The molecular weight excluding hydrogens is 240 g/mol. The zero-order chi connectivity index (χ0) is 13.7. The summed E-state index contributed by atoms with van der Waals surface area (Å²) >= 11 is 0. The minimum absolute atomic E-state index is 0.00458. The molecule has 5 heteroatoms. The molecule has 0 unspecified atom stereocenters. The van der Waals surface area contributed by atoms with Crippen LogP contribution in [0.1, 0.15) is 50.0 Å². The fourth-order valence-electron chi connectivity index (χ4n) is 2.01. The van der Waals surface area contributed by atoms with Gasteiger partial charge in [0.05, 0.1) is 0 Å². The summed E-state index contributed by atoms with van der Waals surface area (Å²) in [6.45, 7) is 5.72. The van der Waals surface area contributed by atoms with E-state index < -0.39 is 0 Å². The normalized spacial score (nSPS) is 14.2. The molecule has 1 N–H and O–H groups in total. The molecule has 0 aromatic carbocycles. The average molecular weight is 262 g/mol. The van der Waals surface area contributed by atoms with Crippen molar-refractivity contribution in [3.05, 3.63) is 18.1 Å². The molecule has 1 aliphatic rings. The Bertz CT molecular complexity index is 425. The Kier molecular flexibility index (Phi) is 4.71. The SMILES string of the molecule is CCCN(CCC)C(=O)c1cc(NC2CC2)ncn1. The van der Waals surface area contributed by atoms with Gasteiger partial charge in [0.15, 0.2) is 0 Å². The van der Waals surface area contributed by atoms with Crippen LogP contribution in [0.15, 0.2) is 12.4 Å². The maximum Gasteiger partial charge on any atom is 0.272 e. The zero-order valence-corrected chi connectivity index (χ0v) is 11.7. The van der Waals surface area contributed by atoms with Crippen LogP contribution in [-0.2, 0) is 0 Å². The second-order valence-electron chi connectivity index (χ2n) is 5.00. The van der Waals surface area contributed by atoms with Gasteiger partial charge in [0, 0.05) is 25.2 Å². The third-order valence-corrected chi connectivity index (χ3v) is 3.09. The minimum Gasteiger partial charge on any atom is -0.367 e. The second kappa shape index (κ2) is 6.50. The zero-order valence-electron chi connectivity index (χ0n) is 11.7. The average Bonchev–Trinajstić information content (AvgIpc) is 3.22. The van der Waals surface area contributed by atoms with Crippen LogP contribution in [0.25, 0.3) is 0 Å². The van der Waals surface area contributed by atoms with E-state index in [9.17, 15) is 4.79 Å². The van der Waals surface area contributed by atoms with E-state index in [0.29, 0.717) is 11.7 Å². The summed E-state index contributed by atoms with van der Waals surface area (Å²) in [4.78, 5) is 22.5. The molecule has 0 radical (unpaired) electrons. The molecule has 1 aromatic rings. The highest BCUT2D eigenvalue weighted by Crippen LogP contribution is 2.23. The summed E-state index contributed by atoms with van der Waals surface area (Å²) in [6, 6.07) is 2.29. The van der Waals surface area contributed by atoms with Crippen molar-refractivity contribution in [3.63, 3.8) is 0 Å². The van der Waals surface area contributed by atoms with Crippen molar-refractivity contribution >= 4 is 11.7 Å². The van der Waals surface area contributed by atoms with E-state index in [1.165, 1.54) is 19.2 Å². The molecule has 1 amide bonds. The lowest BCUT2D eigenvalue weighted by Crippen LogP contribution is -2.33. The third-order valence-electron chi connectivity index (χ3n) is 3.09. The smallest absolute Gasteiger partial charge is 0.272 e. The first kappa shape index (κ1) is 13.8. The van der Waals surface area contributed by atoms with E-state index in [0.717, 1.165) is 31.7 Å². The summed E-state index contributed by atoms with van der Waals surface area (Å²) in [5, 5.41) is 3.29. The van der Waals surface area contributed by atoms with Gasteiger partial charge in [-0.2, -0.15) is 0 Å². The number of aromatic nitrogens is 2. The fraction of sp³-hybridized carbons (Fsp3) is 0.643. The molecule has 1 heterocycles. The van der Waals surface area contributed by atoms with Crippen LogP contribution in [0.4, 0.5) is 5.82 Å². The number of amides is 1. The first-order valence-electron chi connectivity index (χ1n) is 7.12. The fourth-order valence-corrected chi connectivity index (χ4v) is 2.01. The van der Waals surface area contributed by atoms with Crippen molar-refractivity contribution < 1.29 is 4.79 Å². The molecule has 1 aromatic heterocycles. The van der Waals surface area contributed by atoms with E-state index in [2.05, 4.69) is 29.1 Å². The standard InChI is InChI=1S/C14H22N4O/c1-3-7-18(8-4-2)14(19)12-9-13(16-10-15-12)17-11-5-6-11/h9-11H,3-8H2,1-2H3,(H,15,16,17). The molecule has 2 rings (SSSR count). The van der Waals surface area contributed by atoms with Crippen LogP contribution >= 0.6 is 0 Å². The van der Waals surface area contributed by atoms with Crippen molar-refractivity contribution in [1.82, 2.24) is 14.9 Å². The van der Waals surface area contributed by atoms with Gasteiger partial charge in [-0.1, -0.05) is 13.8 Å². The molecule has 0 saturated heterocycles. The van der Waals surface area contributed by atoms with Gasteiger partial charge in [0.2, 0.25) is 0 Å². The Hall–Kier alpha value is -1.65. The highest BCUT2D eigenvalue weighted by atomic mass is 16.2. The highest BCUT2D eigenvalue weighted by molar-refractivity contribution is 5.92. The molecule has 19 heavy (non-hydrogen) atoms. The first-order chi connectivity index (χ1) is 9.24. The number of nitrogens with one attached hydrogen (secondary N) is 1. The van der Waals surface area contributed by atoms with Crippen molar-refractivity contribution in [2.75, 3.05) is 18.4 Å². The van der Waals surface area contributed by atoms with E-state index >= 15 is 0 Å². The number of anilines is 1. The number of hydrogen-bond acceptors (Lipinski definition) is 4. The quantitative estimate of drug-likeness (QED) is 0.819. The number of rotatable bonds is 7. The van der Waals surface area contributed by atoms with Crippen LogP contribution in [0, 0.1) is 0 Å². The van der Waals surface area contributed by atoms with Crippen LogP contribution in [0.5, 0.6) is 0 Å². The van der Waals surface area contributed by atoms with Gasteiger partial charge in [-0.05, 0) is 25.7 Å². The molecular formula is C14H22N4O. The van der Waals surface area contributed by atoms with Crippen LogP contribution < -0.4 is 5.32 Å². The molecule has 0 spiro atoms. The molecule has 1 fully saturated rings. The molecule has 0 atom stereocenters. The van der Waals surface area contributed by atoms with Crippen molar-refractivity contribution in [2.24, 2.45) is 0 Å². The van der Waals surface area contributed by atoms with Crippen LogP contribution in [-0.4, -0.2) is 39.9 Å². The Morgan fingerprint density at radius 2 is 2.00 bits per heavy atom. The van der Waals surface area contributed by atoms with Gasteiger partial charge in [-0.25, -0.2) is 9.97 Å². The summed E-state index contributed by atoms with van der Waals surface area (Å²) in [5.74, 6) is 0.763. The predicted molar refractivity (Wildman–Crippen MR) is 75.2 cm³/mol. The van der Waals surface area contributed by atoms with E-state index in [4.69, 9.17) is 0 Å². The van der Waals surface area contributed by atoms with Crippen LogP contribution in [0.3, 0.4) is 0 Å². The summed E-state index contributed by atoms with van der Waals surface area (Å²) in [7, 11) is 0. The Morgan fingerprint density at radius 3 is 2.58 bits per heavy atom. The summed E-state index contributed by atoms with van der Waals surface area (Å²) in [5.41, 5.74) is 0.486. The third kappa shape index (κ3) is 3.91. The molecule has 1 saturated carbocycles.